The van der Waals surface area contributed by atoms with Crippen molar-refractivity contribution in [2.24, 2.45) is 0 Å². The van der Waals surface area contributed by atoms with E-state index in [9.17, 15) is 4.79 Å². The zero-order valence-electron chi connectivity index (χ0n) is 11.8. The van der Waals surface area contributed by atoms with Crippen molar-refractivity contribution in [2.75, 3.05) is 7.11 Å². The van der Waals surface area contributed by atoms with Crippen LogP contribution in [0.4, 0.5) is 0 Å². The Bertz CT molecular complexity index is 720. The van der Waals surface area contributed by atoms with Crippen LogP contribution >= 0.6 is 24.0 Å². The Hall–Kier alpha value is -2.05. The van der Waals surface area contributed by atoms with Crippen molar-refractivity contribution in [1.29, 1.82) is 0 Å². The molecule has 1 fully saturated rings. The second kappa shape index (κ2) is 6.37. The maximum absolute atomic E-state index is 12.5. The maximum atomic E-state index is 12.5. The van der Waals surface area contributed by atoms with E-state index < -0.39 is 0 Å². The van der Waals surface area contributed by atoms with Crippen LogP contribution < -0.4 is 4.74 Å². The zero-order chi connectivity index (χ0) is 15.5. The van der Waals surface area contributed by atoms with Crippen molar-refractivity contribution in [1.82, 2.24) is 4.90 Å². The molecule has 2 aromatic rings. The van der Waals surface area contributed by atoms with E-state index in [1.807, 2.05) is 24.3 Å². The Morgan fingerprint density at radius 3 is 2.73 bits per heavy atom. The highest BCUT2D eigenvalue weighted by atomic mass is 32.2. The molecule has 1 aromatic heterocycles. The lowest BCUT2D eigenvalue weighted by molar-refractivity contribution is -0.122. The first kappa shape index (κ1) is 14.9. The number of amides is 1. The number of hydrogen-bond donors (Lipinski definition) is 0. The van der Waals surface area contributed by atoms with Gasteiger partial charge in [-0.2, -0.15) is 0 Å². The van der Waals surface area contributed by atoms with Crippen molar-refractivity contribution in [3.05, 3.63) is 58.9 Å². The highest BCUT2D eigenvalue weighted by Crippen LogP contribution is 2.33. The minimum absolute atomic E-state index is 0.0952. The summed E-state index contributed by atoms with van der Waals surface area (Å²) in [6.07, 6.45) is 3.29. The summed E-state index contributed by atoms with van der Waals surface area (Å²) in [5.41, 5.74) is 0.997. The fourth-order valence-corrected chi connectivity index (χ4v) is 3.29. The van der Waals surface area contributed by atoms with Gasteiger partial charge in [-0.05, 0) is 29.8 Å². The highest BCUT2D eigenvalue weighted by molar-refractivity contribution is 8.26. The number of nitrogens with zero attached hydrogens (tertiary/aromatic N) is 1. The van der Waals surface area contributed by atoms with Crippen LogP contribution in [0, 0.1) is 0 Å². The van der Waals surface area contributed by atoms with Gasteiger partial charge >= 0.3 is 0 Å². The summed E-state index contributed by atoms with van der Waals surface area (Å²) < 4.78 is 10.9. The maximum Gasteiger partial charge on any atom is 0.266 e. The van der Waals surface area contributed by atoms with E-state index in [0.717, 1.165) is 11.3 Å². The number of ether oxygens (including phenoxy) is 1. The van der Waals surface area contributed by atoms with Gasteiger partial charge < -0.3 is 9.15 Å². The molecule has 4 nitrogen and oxygen atoms in total. The van der Waals surface area contributed by atoms with Gasteiger partial charge in [0.05, 0.1) is 24.8 Å². The van der Waals surface area contributed by atoms with Gasteiger partial charge in [0.1, 0.15) is 15.8 Å². The van der Waals surface area contributed by atoms with Crippen LogP contribution in [-0.4, -0.2) is 22.2 Å². The summed E-state index contributed by atoms with van der Waals surface area (Å²) in [5.74, 6) is 1.33. The minimum atomic E-state index is -0.0952. The molecule has 0 radical (unpaired) electrons. The Morgan fingerprint density at radius 1 is 1.32 bits per heavy atom. The molecule has 0 saturated carbocycles. The second-order valence-electron chi connectivity index (χ2n) is 4.63. The van der Waals surface area contributed by atoms with E-state index >= 15 is 0 Å². The van der Waals surface area contributed by atoms with Gasteiger partial charge in [-0.3, -0.25) is 9.69 Å². The number of carbonyl (C=O) groups excluding carboxylic acids is 1. The van der Waals surface area contributed by atoms with E-state index in [1.165, 1.54) is 11.8 Å². The third-order valence-corrected chi connectivity index (χ3v) is 4.57. The number of furan rings is 1. The number of hydrogen-bond acceptors (Lipinski definition) is 5. The predicted molar refractivity (Wildman–Crippen MR) is 90.4 cm³/mol. The van der Waals surface area contributed by atoms with Crippen LogP contribution in [0.5, 0.6) is 5.75 Å². The molecule has 1 aliphatic heterocycles. The monoisotopic (exact) mass is 331 g/mol. The van der Waals surface area contributed by atoms with Crippen LogP contribution in [0.1, 0.15) is 11.3 Å². The van der Waals surface area contributed by atoms with Gasteiger partial charge in [0.25, 0.3) is 5.91 Å². The first-order valence-corrected chi connectivity index (χ1v) is 7.81. The van der Waals surface area contributed by atoms with Crippen LogP contribution in [0.2, 0.25) is 0 Å². The number of thioether (sulfide) groups is 1. The molecule has 0 unspecified atom stereocenters. The molecule has 0 bridgehead atoms. The van der Waals surface area contributed by atoms with Crippen molar-refractivity contribution in [3.63, 3.8) is 0 Å². The molecular weight excluding hydrogens is 318 g/mol. The molecule has 1 aromatic carbocycles. The Labute approximate surface area is 137 Å². The molecule has 0 aliphatic carbocycles. The first-order chi connectivity index (χ1) is 10.7. The number of rotatable bonds is 4. The third kappa shape index (κ3) is 3.08. The molecule has 1 aliphatic rings. The minimum Gasteiger partial charge on any atom is -0.497 e. The van der Waals surface area contributed by atoms with Crippen LogP contribution in [0.15, 0.2) is 52.0 Å². The Balaban J connectivity index is 1.76. The van der Waals surface area contributed by atoms with Gasteiger partial charge in [-0.25, -0.2) is 0 Å². The fraction of sp³-hybridized carbons (Fsp3) is 0.125. The van der Waals surface area contributed by atoms with Gasteiger partial charge in [-0.1, -0.05) is 36.1 Å². The van der Waals surface area contributed by atoms with Crippen molar-refractivity contribution >= 4 is 40.3 Å². The number of thiocarbonyl (C=S) groups is 1. The van der Waals surface area contributed by atoms with E-state index in [0.29, 0.717) is 21.5 Å². The number of benzene rings is 1. The summed E-state index contributed by atoms with van der Waals surface area (Å²) in [5, 5.41) is 0. The smallest absolute Gasteiger partial charge is 0.266 e. The van der Waals surface area contributed by atoms with E-state index in [-0.39, 0.29) is 5.91 Å². The molecule has 3 rings (SSSR count). The van der Waals surface area contributed by atoms with Gasteiger partial charge in [-0.15, -0.1) is 0 Å². The quantitative estimate of drug-likeness (QED) is 0.631. The summed E-state index contributed by atoms with van der Waals surface area (Å²) in [6, 6.07) is 11.2. The lowest BCUT2D eigenvalue weighted by atomic mass is 10.2. The molecule has 0 N–H and O–H groups in total. The predicted octanol–water partition coefficient (Wildman–Crippen LogP) is 3.69. The first-order valence-electron chi connectivity index (χ1n) is 6.59. The number of carbonyl (C=O) groups is 1. The van der Waals surface area contributed by atoms with Crippen molar-refractivity contribution in [2.45, 2.75) is 6.54 Å². The van der Waals surface area contributed by atoms with Crippen molar-refractivity contribution in [3.8, 4) is 5.75 Å². The summed E-state index contributed by atoms with van der Waals surface area (Å²) in [6.45, 7) is 0.449. The summed E-state index contributed by atoms with van der Waals surface area (Å²) >= 11 is 6.60. The van der Waals surface area contributed by atoms with Crippen molar-refractivity contribution < 1.29 is 13.9 Å². The number of methoxy groups -OCH3 is 1. The highest BCUT2D eigenvalue weighted by Gasteiger charge is 2.32. The zero-order valence-corrected chi connectivity index (χ0v) is 13.4. The SMILES string of the molecule is COc1ccc(CN2C(=O)/C(=C/c3ccco3)SC2=S)cc1. The van der Waals surface area contributed by atoms with Gasteiger partial charge in [0, 0.05) is 6.08 Å². The van der Waals surface area contributed by atoms with E-state index in [2.05, 4.69) is 0 Å². The largest absolute Gasteiger partial charge is 0.497 e. The third-order valence-electron chi connectivity index (χ3n) is 3.19. The molecule has 0 spiro atoms. The summed E-state index contributed by atoms with van der Waals surface area (Å²) in [7, 11) is 1.62. The molecule has 22 heavy (non-hydrogen) atoms. The van der Waals surface area contributed by atoms with Gasteiger partial charge in [0.2, 0.25) is 0 Å². The molecule has 6 heteroatoms. The van der Waals surface area contributed by atoms with Crippen LogP contribution in [0.25, 0.3) is 6.08 Å². The second-order valence-corrected chi connectivity index (χ2v) is 6.31. The van der Waals surface area contributed by atoms with Crippen LogP contribution in [-0.2, 0) is 11.3 Å². The standard InChI is InChI=1S/C16H13NO3S2/c1-19-12-6-4-11(5-7-12)10-17-15(18)14(22-16(17)21)9-13-3-2-8-20-13/h2-9H,10H2,1H3/b14-9-. The molecular formula is C16H13NO3S2. The lowest BCUT2D eigenvalue weighted by Crippen LogP contribution is -2.27. The lowest BCUT2D eigenvalue weighted by Gasteiger charge is -2.14. The van der Waals surface area contributed by atoms with E-state index in [4.69, 9.17) is 21.4 Å². The normalized spacial score (nSPS) is 16.6. The van der Waals surface area contributed by atoms with Gasteiger partial charge in [0.15, 0.2) is 0 Å². The molecule has 1 amide bonds. The van der Waals surface area contributed by atoms with E-state index in [1.54, 1.807) is 36.5 Å². The topological polar surface area (TPSA) is 42.7 Å². The molecule has 1 saturated heterocycles. The molecule has 112 valence electrons. The average Bonchev–Trinajstić information content (AvgIpc) is 3.12. The van der Waals surface area contributed by atoms with Crippen LogP contribution in [0.3, 0.4) is 0 Å². The Kier molecular flexibility index (Phi) is 4.31. The fourth-order valence-electron chi connectivity index (χ4n) is 2.05. The Morgan fingerprint density at radius 2 is 2.09 bits per heavy atom. The molecule has 2 heterocycles. The summed E-state index contributed by atoms with van der Waals surface area (Å²) in [4.78, 5) is 14.6. The average molecular weight is 331 g/mol. The molecule has 0 atom stereocenters.